The third-order valence-electron chi connectivity index (χ3n) is 6.06. The van der Waals surface area contributed by atoms with Gasteiger partial charge in [-0.05, 0) is 81.7 Å². The third kappa shape index (κ3) is 5.21. The molecule has 0 amide bonds. The second-order valence-electron chi connectivity index (χ2n) is 8.69. The molecule has 6 rings (SSSR count). The van der Waals surface area contributed by atoms with Gasteiger partial charge >= 0.3 is 0 Å². The van der Waals surface area contributed by atoms with Crippen LogP contribution in [-0.2, 0) is 6.61 Å². The van der Waals surface area contributed by atoms with E-state index in [9.17, 15) is 4.79 Å². The van der Waals surface area contributed by atoms with Gasteiger partial charge in [-0.2, -0.15) is 9.78 Å². The van der Waals surface area contributed by atoms with Gasteiger partial charge in [-0.15, -0.1) is 0 Å². The van der Waals surface area contributed by atoms with Crippen LogP contribution in [0.1, 0.15) is 11.1 Å². The highest BCUT2D eigenvalue weighted by Crippen LogP contribution is 2.29. The van der Waals surface area contributed by atoms with Gasteiger partial charge in [0.25, 0.3) is 5.56 Å². The Balaban J connectivity index is 1.33. The summed E-state index contributed by atoms with van der Waals surface area (Å²) in [5, 5.41) is 6.86. The zero-order chi connectivity index (χ0) is 26.9. The Kier molecular flexibility index (Phi) is 6.95. The van der Waals surface area contributed by atoms with Crippen molar-refractivity contribution in [2.45, 2.75) is 6.61 Å². The second kappa shape index (κ2) is 10.7. The van der Waals surface area contributed by atoms with Crippen molar-refractivity contribution in [1.29, 1.82) is 0 Å². The van der Waals surface area contributed by atoms with Gasteiger partial charge in [0.15, 0.2) is 5.76 Å². The molecule has 192 valence electrons. The summed E-state index contributed by atoms with van der Waals surface area (Å²) in [5.41, 5.74) is 2.61. The second-order valence-corrected chi connectivity index (χ2v) is 10.4. The molecule has 4 aromatic carbocycles. The first kappa shape index (κ1) is 25.4. The standard InChI is InChI=1S/C30H18BrCl2N3O3/c31-22-13-18(10-12-27(22)38-17-19-9-11-23(32)24(33)14-19)16-34-36-29(28-15-20-5-1-4-8-26(20)39-28)35-25-7-3-2-6-21(25)30(36)37/h1-16H,17H2. The van der Waals surface area contributed by atoms with E-state index in [1.165, 1.54) is 4.68 Å². The number of hydrogen-bond donors (Lipinski definition) is 0. The van der Waals surface area contributed by atoms with Crippen LogP contribution in [-0.4, -0.2) is 15.9 Å². The van der Waals surface area contributed by atoms with Gasteiger partial charge in [-0.3, -0.25) is 4.79 Å². The molecule has 0 aliphatic heterocycles. The van der Waals surface area contributed by atoms with Crippen LogP contribution in [0.25, 0.3) is 33.5 Å². The molecule has 2 heterocycles. The lowest BCUT2D eigenvalue weighted by Crippen LogP contribution is -2.20. The smallest absolute Gasteiger partial charge is 0.282 e. The number of aromatic nitrogens is 2. The van der Waals surface area contributed by atoms with Gasteiger partial charge in [0, 0.05) is 5.39 Å². The summed E-state index contributed by atoms with van der Waals surface area (Å²) in [6, 6.07) is 27.5. The van der Waals surface area contributed by atoms with E-state index in [2.05, 4.69) is 21.0 Å². The molecule has 6 aromatic rings. The fourth-order valence-corrected chi connectivity index (χ4v) is 4.94. The first-order chi connectivity index (χ1) is 19.0. The van der Waals surface area contributed by atoms with Crippen molar-refractivity contribution in [2.75, 3.05) is 0 Å². The summed E-state index contributed by atoms with van der Waals surface area (Å²) in [6.45, 7) is 0.321. The normalized spacial score (nSPS) is 11.6. The first-order valence-electron chi connectivity index (χ1n) is 11.9. The minimum Gasteiger partial charge on any atom is -0.488 e. The van der Waals surface area contributed by atoms with E-state index in [1.54, 1.807) is 36.5 Å². The van der Waals surface area contributed by atoms with E-state index in [4.69, 9.17) is 37.3 Å². The fraction of sp³-hybridized carbons (Fsp3) is 0.0333. The molecule has 0 radical (unpaired) electrons. The lowest BCUT2D eigenvalue weighted by Gasteiger charge is -2.10. The molecule has 0 fully saturated rings. The number of nitrogens with zero attached hydrogens (tertiary/aromatic N) is 3. The summed E-state index contributed by atoms with van der Waals surface area (Å²) in [4.78, 5) is 18.2. The van der Waals surface area contributed by atoms with Gasteiger partial charge < -0.3 is 9.15 Å². The summed E-state index contributed by atoms with van der Waals surface area (Å²) in [5.74, 6) is 1.40. The lowest BCUT2D eigenvalue weighted by atomic mass is 10.2. The minimum atomic E-state index is -0.298. The lowest BCUT2D eigenvalue weighted by molar-refractivity contribution is 0.304. The molecule has 0 unspecified atom stereocenters. The zero-order valence-corrected chi connectivity index (χ0v) is 23.2. The number of halogens is 3. The van der Waals surface area contributed by atoms with Crippen molar-refractivity contribution in [3.05, 3.63) is 127 Å². The van der Waals surface area contributed by atoms with Crippen LogP contribution >= 0.6 is 39.1 Å². The SMILES string of the molecule is O=c1c2ccccc2nc(-c2cc3ccccc3o2)n1N=Cc1ccc(OCc2ccc(Cl)c(Cl)c2)c(Br)c1. The predicted molar refractivity (Wildman–Crippen MR) is 159 cm³/mol. The Hall–Kier alpha value is -3.91. The van der Waals surface area contributed by atoms with Crippen molar-refractivity contribution in [3.8, 4) is 17.3 Å². The van der Waals surface area contributed by atoms with Crippen LogP contribution in [0, 0.1) is 0 Å². The number of fused-ring (bicyclic) bond motifs is 2. The average Bonchev–Trinajstić information content (AvgIpc) is 3.38. The van der Waals surface area contributed by atoms with Crippen molar-refractivity contribution in [1.82, 2.24) is 9.66 Å². The van der Waals surface area contributed by atoms with Crippen molar-refractivity contribution >= 4 is 67.2 Å². The summed E-state index contributed by atoms with van der Waals surface area (Å²) < 4.78 is 14.0. The highest BCUT2D eigenvalue weighted by atomic mass is 79.9. The Morgan fingerprint density at radius 1 is 0.949 bits per heavy atom. The van der Waals surface area contributed by atoms with Crippen molar-refractivity contribution in [2.24, 2.45) is 5.10 Å². The maximum Gasteiger partial charge on any atom is 0.282 e. The van der Waals surface area contributed by atoms with Crippen molar-refractivity contribution < 1.29 is 9.15 Å². The van der Waals surface area contributed by atoms with E-state index in [0.717, 1.165) is 21.0 Å². The van der Waals surface area contributed by atoms with Gasteiger partial charge in [-0.25, -0.2) is 4.98 Å². The Labute approximate surface area is 241 Å². The number of ether oxygens (including phenoxy) is 1. The average molecular weight is 619 g/mol. The number of hydrogen-bond acceptors (Lipinski definition) is 5. The van der Waals surface area contributed by atoms with Gasteiger partial charge in [0.05, 0.1) is 31.6 Å². The number of para-hydroxylation sites is 2. The van der Waals surface area contributed by atoms with Gasteiger partial charge in [-0.1, -0.05) is 59.6 Å². The largest absolute Gasteiger partial charge is 0.488 e. The van der Waals surface area contributed by atoms with Crippen LogP contribution in [0.5, 0.6) is 5.75 Å². The van der Waals surface area contributed by atoms with Crippen LogP contribution in [0.15, 0.2) is 110 Å². The molecule has 0 N–H and O–H groups in total. The Morgan fingerprint density at radius 2 is 1.77 bits per heavy atom. The molecule has 0 spiro atoms. The fourth-order valence-electron chi connectivity index (χ4n) is 4.11. The molecule has 0 bridgehead atoms. The Bertz CT molecular complexity index is 1920. The predicted octanol–water partition coefficient (Wildman–Crippen LogP) is 8.34. The van der Waals surface area contributed by atoms with Crippen LogP contribution in [0.4, 0.5) is 0 Å². The van der Waals surface area contributed by atoms with Gasteiger partial charge in [0.2, 0.25) is 5.82 Å². The molecule has 0 aliphatic carbocycles. The highest BCUT2D eigenvalue weighted by molar-refractivity contribution is 9.10. The highest BCUT2D eigenvalue weighted by Gasteiger charge is 2.16. The van der Waals surface area contributed by atoms with Gasteiger partial charge in [0.1, 0.15) is 17.9 Å². The number of rotatable bonds is 6. The Morgan fingerprint density at radius 3 is 2.59 bits per heavy atom. The molecule has 6 nitrogen and oxygen atoms in total. The number of furan rings is 1. The monoisotopic (exact) mass is 617 g/mol. The quantitative estimate of drug-likeness (QED) is 0.176. The summed E-state index contributed by atoms with van der Waals surface area (Å²) in [7, 11) is 0. The molecule has 9 heteroatoms. The molecule has 0 aliphatic rings. The maximum atomic E-state index is 13.5. The van der Waals surface area contributed by atoms with E-state index in [1.807, 2.05) is 60.7 Å². The van der Waals surface area contributed by atoms with Crippen molar-refractivity contribution in [3.63, 3.8) is 0 Å². The maximum absolute atomic E-state index is 13.5. The molecular formula is C30H18BrCl2N3O3. The summed E-state index contributed by atoms with van der Waals surface area (Å²) in [6.07, 6.45) is 1.59. The van der Waals surface area contributed by atoms with E-state index in [-0.39, 0.29) is 5.56 Å². The first-order valence-corrected chi connectivity index (χ1v) is 13.4. The summed E-state index contributed by atoms with van der Waals surface area (Å²) >= 11 is 15.7. The zero-order valence-electron chi connectivity index (χ0n) is 20.1. The van der Waals surface area contributed by atoms with Crippen LogP contribution < -0.4 is 10.3 Å². The van der Waals surface area contributed by atoms with E-state index < -0.39 is 0 Å². The van der Waals surface area contributed by atoms with Crippen LogP contribution in [0.2, 0.25) is 10.0 Å². The van der Waals surface area contributed by atoms with E-state index in [0.29, 0.717) is 50.5 Å². The van der Waals surface area contributed by atoms with Crippen LogP contribution in [0.3, 0.4) is 0 Å². The molecular weight excluding hydrogens is 601 g/mol. The molecule has 2 aromatic heterocycles. The molecule has 0 atom stereocenters. The van der Waals surface area contributed by atoms with E-state index >= 15 is 0 Å². The molecule has 39 heavy (non-hydrogen) atoms. The molecule has 0 saturated carbocycles. The number of benzene rings is 4. The topological polar surface area (TPSA) is 69.6 Å². The molecule has 0 saturated heterocycles. The minimum absolute atomic E-state index is 0.298. The third-order valence-corrected chi connectivity index (χ3v) is 7.42.